The van der Waals surface area contributed by atoms with Crippen molar-refractivity contribution in [2.45, 2.75) is 37.5 Å². The SMILES string of the molecule is COC(=O)[C@H]1[C@H]2C[C@@H]3c4[nH]c5cc(OC)ccc5c4CCN3C[C@H]2C[C@@H](OC(=O)c2cc(OC)c(OC)c(OC)c2)[C@@H]1OC.Oc1cc(F)c(F)c(F)c1F. The van der Waals surface area contributed by atoms with Gasteiger partial charge < -0.3 is 43.2 Å². The highest BCUT2D eigenvalue weighted by Gasteiger charge is 2.54. The van der Waals surface area contributed by atoms with Gasteiger partial charge in [-0.2, -0.15) is 4.39 Å². The molecule has 0 spiro atoms. The number of hydrogen-bond donors (Lipinski definition) is 2. The largest absolute Gasteiger partial charge is 0.505 e. The van der Waals surface area contributed by atoms with Crippen LogP contribution in [0.4, 0.5) is 17.6 Å². The molecule has 1 saturated heterocycles. The first-order chi connectivity index (χ1) is 26.4. The van der Waals surface area contributed by atoms with E-state index in [1.54, 1.807) is 26.4 Å². The summed E-state index contributed by atoms with van der Waals surface area (Å²) in [5, 5.41) is 9.60. The Labute approximate surface area is 314 Å². The third kappa shape index (κ3) is 7.32. The lowest BCUT2D eigenvalue weighted by Crippen LogP contribution is -2.58. The summed E-state index contributed by atoms with van der Waals surface area (Å²) in [7, 11) is 9.10. The van der Waals surface area contributed by atoms with Crippen LogP contribution in [0.25, 0.3) is 10.9 Å². The molecule has 3 aromatic carbocycles. The fraction of sp³-hybridized carbons (Fsp3) is 0.436. The number of carbonyl (C=O) groups excluding carboxylic acids is 2. The maximum absolute atomic E-state index is 13.5. The molecule has 2 aliphatic heterocycles. The van der Waals surface area contributed by atoms with Gasteiger partial charge >= 0.3 is 11.9 Å². The Morgan fingerprint density at radius 3 is 2.18 bits per heavy atom. The van der Waals surface area contributed by atoms with Crippen LogP contribution in [-0.4, -0.2) is 94.9 Å². The first-order valence-electron chi connectivity index (χ1n) is 17.4. The highest BCUT2D eigenvalue weighted by atomic mass is 19.2. The van der Waals surface area contributed by atoms with E-state index < -0.39 is 53.1 Å². The molecule has 0 radical (unpaired) electrons. The Morgan fingerprint density at radius 2 is 1.56 bits per heavy atom. The van der Waals surface area contributed by atoms with Crippen molar-refractivity contribution in [3.63, 3.8) is 0 Å². The number of halogens is 4. The number of esters is 2. The molecule has 1 aromatic heterocycles. The Hall–Kier alpha value is -5.22. The van der Waals surface area contributed by atoms with Crippen molar-refractivity contribution in [1.29, 1.82) is 0 Å². The first kappa shape index (κ1) is 39.5. The summed E-state index contributed by atoms with van der Waals surface area (Å²) in [6.07, 6.45) is 0.920. The van der Waals surface area contributed by atoms with Gasteiger partial charge in [0.1, 0.15) is 18.0 Å². The lowest BCUT2D eigenvalue weighted by atomic mass is 9.63. The number of fused-ring (bicyclic) bond motifs is 6. The van der Waals surface area contributed by atoms with Gasteiger partial charge in [-0.25, -0.2) is 18.0 Å². The van der Waals surface area contributed by atoms with E-state index in [0.717, 1.165) is 37.2 Å². The van der Waals surface area contributed by atoms with Crippen LogP contribution in [0.1, 0.15) is 40.5 Å². The monoisotopic (exact) mass is 774 g/mol. The minimum Gasteiger partial charge on any atom is -0.505 e. The molecular formula is C39H42F4N2O10. The Bertz CT molecular complexity index is 2020. The number of aromatic nitrogens is 1. The maximum atomic E-state index is 13.5. The van der Waals surface area contributed by atoms with E-state index >= 15 is 0 Å². The van der Waals surface area contributed by atoms with Crippen LogP contribution in [0.3, 0.4) is 0 Å². The predicted molar refractivity (Wildman–Crippen MR) is 189 cm³/mol. The topological polar surface area (TPSA) is 138 Å². The van der Waals surface area contributed by atoms with Gasteiger partial charge in [-0.15, -0.1) is 0 Å². The van der Waals surface area contributed by atoms with E-state index in [2.05, 4.69) is 16.0 Å². The summed E-state index contributed by atoms with van der Waals surface area (Å²) >= 11 is 0. The molecule has 12 nitrogen and oxygen atoms in total. The van der Waals surface area contributed by atoms with Gasteiger partial charge in [-0.3, -0.25) is 9.69 Å². The van der Waals surface area contributed by atoms with Crippen LogP contribution < -0.4 is 18.9 Å². The van der Waals surface area contributed by atoms with Crippen molar-refractivity contribution in [1.82, 2.24) is 9.88 Å². The third-order valence-electron chi connectivity index (χ3n) is 10.8. The van der Waals surface area contributed by atoms with Crippen LogP contribution in [0, 0.1) is 41.0 Å². The normalized spacial score (nSPS) is 22.9. The quantitative estimate of drug-likeness (QED) is 0.0928. The van der Waals surface area contributed by atoms with Gasteiger partial charge in [0.15, 0.2) is 28.9 Å². The number of aromatic hydroxyl groups is 1. The van der Waals surface area contributed by atoms with Crippen LogP contribution in [0.2, 0.25) is 0 Å². The molecule has 16 heteroatoms. The molecule has 2 fully saturated rings. The molecule has 1 saturated carbocycles. The van der Waals surface area contributed by atoms with E-state index in [4.69, 9.17) is 38.3 Å². The summed E-state index contributed by atoms with van der Waals surface area (Å²) in [5.74, 6) is -8.16. The van der Waals surface area contributed by atoms with Crippen molar-refractivity contribution >= 4 is 22.8 Å². The lowest BCUT2D eigenvalue weighted by molar-refractivity contribution is -0.176. The van der Waals surface area contributed by atoms with Crippen LogP contribution in [-0.2, 0) is 25.4 Å². The Kier molecular flexibility index (Phi) is 11.7. The number of nitrogens with one attached hydrogen (secondary N) is 1. The smallest absolute Gasteiger partial charge is 0.338 e. The highest BCUT2D eigenvalue weighted by molar-refractivity contribution is 5.91. The number of ether oxygens (including phenoxy) is 7. The van der Waals surface area contributed by atoms with Gasteiger partial charge in [-0.1, -0.05) is 0 Å². The fourth-order valence-electron chi connectivity index (χ4n) is 8.32. The van der Waals surface area contributed by atoms with Crippen molar-refractivity contribution in [2.24, 2.45) is 17.8 Å². The van der Waals surface area contributed by atoms with E-state index in [0.29, 0.717) is 23.7 Å². The molecule has 7 rings (SSSR count). The number of methoxy groups -OCH3 is 6. The van der Waals surface area contributed by atoms with Gasteiger partial charge in [0.05, 0.1) is 53.1 Å². The number of piperidine rings is 1. The summed E-state index contributed by atoms with van der Waals surface area (Å²) in [5.41, 5.74) is 3.83. The average molecular weight is 775 g/mol. The molecular weight excluding hydrogens is 732 g/mol. The second-order valence-corrected chi connectivity index (χ2v) is 13.5. The Balaban J connectivity index is 0.000000403. The van der Waals surface area contributed by atoms with Crippen molar-refractivity contribution in [2.75, 3.05) is 55.7 Å². The first-order valence-corrected chi connectivity index (χ1v) is 17.4. The molecule has 296 valence electrons. The van der Waals surface area contributed by atoms with Crippen molar-refractivity contribution in [3.05, 3.63) is 76.5 Å². The van der Waals surface area contributed by atoms with Gasteiger partial charge in [0.25, 0.3) is 0 Å². The summed E-state index contributed by atoms with van der Waals surface area (Å²) in [6, 6.07) is 9.56. The third-order valence-corrected chi connectivity index (χ3v) is 10.8. The zero-order valence-electron chi connectivity index (χ0n) is 31.0. The fourth-order valence-corrected chi connectivity index (χ4v) is 8.32. The predicted octanol–water partition coefficient (Wildman–Crippen LogP) is 6.12. The minimum atomic E-state index is -2.01. The van der Waals surface area contributed by atoms with E-state index in [-0.39, 0.29) is 35.5 Å². The van der Waals surface area contributed by atoms with Gasteiger partial charge in [0, 0.05) is 48.9 Å². The molecule has 0 bridgehead atoms. The average Bonchev–Trinajstić information content (AvgIpc) is 3.58. The molecule has 6 atom stereocenters. The number of carbonyl (C=O) groups is 2. The second kappa shape index (κ2) is 16.3. The molecule has 3 heterocycles. The standard InChI is InChI=1S/C33H40N2O9.C6H2F4O/c1-38-19-7-8-20-21-9-10-35-16-18-13-27(44-32(36)17-11-25(39-2)30(41-4)26(12-17)40-3)31(42-5)28(33(37)43-6)22(18)15-24(35)29(21)34-23(20)14-19;7-2-1-3(11)5(9)6(10)4(2)8/h7-8,11-12,14,18,22,24,27-28,31,34H,9-10,13,15-16H2,1-6H3;1,11H/t18-,22+,24-,27-,28+,31+;/m1./s1. The molecule has 2 N–H and O–H groups in total. The number of H-pyrrole nitrogens is 1. The van der Waals surface area contributed by atoms with Gasteiger partial charge in [-0.05, 0) is 60.9 Å². The zero-order chi connectivity index (χ0) is 39.7. The van der Waals surface area contributed by atoms with E-state index in [1.807, 2.05) is 12.1 Å². The number of phenols is 1. The number of phenolic OH excluding ortho intramolecular Hbond substituents is 1. The molecule has 4 aromatic rings. The highest BCUT2D eigenvalue weighted by Crippen LogP contribution is 2.51. The molecule has 0 amide bonds. The number of rotatable bonds is 8. The molecule has 1 aliphatic carbocycles. The lowest BCUT2D eigenvalue weighted by Gasteiger charge is -2.52. The summed E-state index contributed by atoms with van der Waals surface area (Å²) < 4.78 is 87.5. The van der Waals surface area contributed by atoms with Crippen LogP contribution in [0.5, 0.6) is 28.7 Å². The molecule has 55 heavy (non-hydrogen) atoms. The maximum Gasteiger partial charge on any atom is 0.338 e. The Morgan fingerprint density at radius 1 is 0.855 bits per heavy atom. The van der Waals surface area contributed by atoms with E-state index in [1.165, 1.54) is 45.1 Å². The van der Waals surface area contributed by atoms with E-state index in [9.17, 15) is 27.2 Å². The number of aromatic amines is 1. The van der Waals surface area contributed by atoms with Crippen LogP contribution >= 0.6 is 0 Å². The number of nitrogens with zero attached hydrogens (tertiary/aromatic N) is 1. The second-order valence-electron chi connectivity index (χ2n) is 13.5. The summed E-state index contributed by atoms with van der Waals surface area (Å²) in [4.78, 5) is 33.1. The minimum absolute atomic E-state index is 0.0170. The molecule has 3 aliphatic rings. The van der Waals surface area contributed by atoms with Gasteiger partial charge in [0.2, 0.25) is 17.4 Å². The zero-order valence-corrected chi connectivity index (χ0v) is 31.0. The summed E-state index contributed by atoms with van der Waals surface area (Å²) in [6.45, 7) is 1.68. The number of benzene rings is 3. The van der Waals surface area contributed by atoms with Crippen molar-refractivity contribution < 1.29 is 65.4 Å². The number of hydrogen-bond acceptors (Lipinski definition) is 11. The van der Waals surface area contributed by atoms with Crippen molar-refractivity contribution in [3.8, 4) is 28.7 Å². The molecule has 0 unspecified atom stereocenters. The van der Waals surface area contributed by atoms with Crippen LogP contribution in [0.15, 0.2) is 36.4 Å².